The van der Waals surface area contributed by atoms with Crippen molar-refractivity contribution in [3.05, 3.63) is 35.6 Å². The summed E-state index contributed by atoms with van der Waals surface area (Å²) in [5, 5.41) is 0. The second-order valence-corrected chi connectivity index (χ2v) is 5.42. The molecule has 0 amide bonds. The second-order valence-electron chi connectivity index (χ2n) is 5.42. The maximum absolute atomic E-state index is 14.0. The predicted molar refractivity (Wildman–Crippen MR) is 74.4 cm³/mol. The molecule has 4 atom stereocenters. The molecule has 0 aliphatic carbocycles. The van der Waals surface area contributed by atoms with E-state index in [9.17, 15) is 4.39 Å². The number of nitrogens with zero attached hydrogens (tertiary/aromatic N) is 1. The lowest BCUT2D eigenvalue weighted by Crippen LogP contribution is -2.45. The van der Waals surface area contributed by atoms with Crippen molar-refractivity contribution < 1.29 is 9.13 Å². The fraction of sp³-hybridized carbons (Fsp3) is 0.600. The Bertz CT molecular complexity index is 424. The fourth-order valence-corrected chi connectivity index (χ4v) is 3.05. The average Bonchev–Trinajstić information content (AvgIpc) is 2.77. The Morgan fingerprint density at radius 1 is 1.42 bits per heavy atom. The van der Waals surface area contributed by atoms with E-state index in [0.717, 1.165) is 13.0 Å². The zero-order valence-electron chi connectivity index (χ0n) is 11.8. The fourth-order valence-electron chi connectivity index (χ4n) is 3.05. The summed E-state index contributed by atoms with van der Waals surface area (Å²) in [4.78, 5) is 2.17. The first kappa shape index (κ1) is 14.4. The highest BCUT2D eigenvalue weighted by Gasteiger charge is 2.34. The van der Waals surface area contributed by atoms with Gasteiger partial charge >= 0.3 is 0 Å². The summed E-state index contributed by atoms with van der Waals surface area (Å²) in [5.41, 5.74) is 6.77. The van der Waals surface area contributed by atoms with Crippen molar-refractivity contribution in [1.29, 1.82) is 0 Å². The van der Waals surface area contributed by atoms with Crippen LogP contribution in [0.4, 0.5) is 4.39 Å². The Balaban J connectivity index is 2.28. The lowest BCUT2D eigenvalue weighted by Gasteiger charge is -2.37. The van der Waals surface area contributed by atoms with Crippen molar-refractivity contribution in [3.63, 3.8) is 0 Å². The number of hydrogen-bond donors (Lipinski definition) is 1. The summed E-state index contributed by atoms with van der Waals surface area (Å²) >= 11 is 0. The Kier molecular flexibility index (Phi) is 4.55. The van der Waals surface area contributed by atoms with Crippen molar-refractivity contribution >= 4 is 0 Å². The van der Waals surface area contributed by atoms with Gasteiger partial charge in [-0.05, 0) is 33.4 Å². The molecule has 2 N–H and O–H groups in total. The molecule has 0 bridgehead atoms. The van der Waals surface area contributed by atoms with Crippen LogP contribution in [0.15, 0.2) is 24.3 Å². The van der Waals surface area contributed by atoms with E-state index in [1.807, 2.05) is 26.1 Å². The molecule has 1 fully saturated rings. The van der Waals surface area contributed by atoms with Gasteiger partial charge in [-0.15, -0.1) is 0 Å². The van der Waals surface area contributed by atoms with E-state index in [4.69, 9.17) is 10.5 Å². The van der Waals surface area contributed by atoms with Gasteiger partial charge in [0.15, 0.2) is 0 Å². The number of halogens is 1. The Labute approximate surface area is 114 Å². The highest BCUT2D eigenvalue weighted by atomic mass is 19.1. The molecule has 4 heteroatoms. The van der Waals surface area contributed by atoms with Crippen LogP contribution in [0.3, 0.4) is 0 Å². The summed E-state index contributed by atoms with van der Waals surface area (Å²) in [5.74, 6) is -0.191. The molecular weight excluding hydrogens is 243 g/mol. The van der Waals surface area contributed by atoms with E-state index in [2.05, 4.69) is 11.8 Å². The Hall–Kier alpha value is -0.970. The second kappa shape index (κ2) is 5.99. The molecule has 1 heterocycles. The number of likely N-dealkylation sites (N-methyl/N-ethyl adjacent to an activating group) is 1. The van der Waals surface area contributed by atoms with Gasteiger partial charge in [0.05, 0.1) is 12.1 Å². The van der Waals surface area contributed by atoms with Crippen LogP contribution in [-0.4, -0.2) is 36.7 Å². The molecule has 3 nitrogen and oxygen atoms in total. The molecule has 1 aromatic rings. The molecule has 106 valence electrons. The van der Waals surface area contributed by atoms with E-state index in [-0.39, 0.29) is 30.0 Å². The molecule has 1 aliphatic heterocycles. The number of hydrogen-bond acceptors (Lipinski definition) is 3. The predicted octanol–water partition coefficient (Wildman–Crippen LogP) is 2.32. The summed E-state index contributed by atoms with van der Waals surface area (Å²) in [6.07, 6.45) is 1.13. The molecule has 19 heavy (non-hydrogen) atoms. The van der Waals surface area contributed by atoms with Crippen LogP contribution in [0.1, 0.15) is 31.9 Å². The molecule has 0 radical (unpaired) electrons. The van der Waals surface area contributed by atoms with Crippen LogP contribution in [0, 0.1) is 5.82 Å². The van der Waals surface area contributed by atoms with Gasteiger partial charge in [-0.1, -0.05) is 18.2 Å². The van der Waals surface area contributed by atoms with Crippen LogP contribution in [0.25, 0.3) is 0 Å². The summed E-state index contributed by atoms with van der Waals surface area (Å²) < 4.78 is 19.6. The maximum Gasteiger partial charge on any atom is 0.128 e. The first-order valence-corrected chi connectivity index (χ1v) is 6.86. The summed E-state index contributed by atoms with van der Waals surface area (Å²) in [6, 6.07) is 6.89. The third kappa shape index (κ3) is 2.96. The zero-order valence-corrected chi connectivity index (χ0v) is 11.8. The van der Waals surface area contributed by atoms with Gasteiger partial charge in [0, 0.05) is 24.3 Å². The van der Waals surface area contributed by atoms with Crippen molar-refractivity contribution in [2.75, 3.05) is 13.7 Å². The molecular formula is C15H23FN2O. The van der Waals surface area contributed by atoms with Crippen molar-refractivity contribution in [3.8, 4) is 0 Å². The van der Waals surface area contributed by atoms with Gasteiger partial charge in [-0.3, -0.25) is 4.90 Å². The van der Waals surface area contributed by atoms with Crippen LogP contribution < -0.4 is 5.73 Å². The van der Waals surface area contributed by atoms with Gasteiger partial charge < -0.3 is 10.5 Å². The van der Waals surface area contributed by atoms with Crippen LogP contribution in [0.5, 0.6) is 0 Å². The van der Waals surface area contributed by atoms with E-state index in [1.54, 1.807) is 6.07 Å². The SMILES string of the molecule is CC(N)C(c1ccccc1F)N(C)C1CCOC1C. The molecule has 0 aromatic heterocycles. The maximum atomic E-state index is 14.0. The largest absolute Gasteiger partial charge is 0.377 e. The first-order chi connectivity index (χ1) is 9.02. The molecule has 1 aromatic carbocycles. The normalized spacial score (nSPS) is 26.6. The summed E-state index contributed by atoms with van der Waals surface area (Å²) in [7, 11) is 2.01. The van der Waals surface area contributed by atoms with E-state index < -0.39 is 0 Å². The van der Waals surface area contributed by atoms with Gasteiger partial charge in [0.2, 0.25) is 0 Å². The smallest absolute Gasteiger partial charge is 0.128 e. The third-order valence-electron chi connectivity index (χ3n) is 4.02. The monoisotopic (exact) mass is 266 g/mol. The Morgan fingerprint density at radius 2 is 2.11 bits per heavy atom. The standard InChI is InChI=1S/C15H23FN2O/c1-10(17)15(12-6-4-5-7-13(12)16)18(3)14-8-9-19-11(14)2/h4-7,10-11,14-15H,8-9,17H2,1-3H3. The molecule has 2 rings (SSSR count). The van der Waals surface area contributed by atoms with Crippen molar-refractivity contribution in [1.82, 2.24) is 4.90 Å². The van der Waals surface area contributed by atoms with Gasteiger partial charge in [-0.25, -0.2) is 4.39 Å². The number of benzene rings is 1. The number of rotatable bonds is 4. The minimum absolute atomic E-state index is 0.129. The highest BCUT2D eigenvalue weighted by Crippen LogP contribution is 2.30. The average molecular weight is 266 g/mol. The number of nitrogens with two attached hydrogens (primary N) is 1. The van der Waals surface area contributed by atoms with Crippen molar-refractivity contribution in [2.45, 2.75) is 44.5 Å². The quantitative estimate of drug-likeness (QED) is 0.909. The molecule has 0 saturated carbocycles. The highest BCUT2D eigenvalue weighted by molar-refractivity contribution is 5.23. The first-order valence-electron chi connectivity index (χ1n) is 6.86. The van der Waals surface area contributed by atoms with Crippen LogP contribution in [-0.2, 0) is 4.74 Å². The van der Waals surface area contributed by atoms with Gasteiger partial charge in [-0.2, -0.15) is 0 Å². The molecule has 1 aliphatic rings. The van der Waals surface area contributed by atoms with Gasteiger partial charge in [0.25, 0.3) is 0 Å². The minimum Gasteiger partial charge on any atom is -0.377 e. The van der Waals surface area contributed by atoms with Crippen molar-refractivity contribution in [2.24, 2.45) is 5.73 Å². The summed E-state index contributed by atoms with van der Waals surface area (Å²) in [6.45, 7) is 4.75. The topological polar surface area (TPSA) is 38.5 Å². The van der Waals surface area contributed by atoms with Crippen LogP contribution in [0.2, 0.25) is 0 Å². The Morgan fingerprint density at radius 3 is 2.63 bits per heavy atom. The van der Waals surface area contributed by atoms with Crippen LogP contribution >= 0.6 is 0 Å². The molecule has 4 unspecified atom stereocenters. The zero-order chi connectivity index (χ0) is 14.0. The number of ether oxygens (including phenoxy) is 1. The third-order valence-corrected chi connectivity index (χ3v) is 4.02. The lowest BCUT2D eigenvalue weighted by atomic mass is 9.96. The minimum atomic E-state index is -0.191. The lowest BCUT2D eigenvalue weighted by molar-refractivity contribution is 0.0617. The van der Waals surface area contributed by atoms with E-state index in [0.29, 0.717) is 5.56 Å². The van der Waals surface area contributed by atoms with E-state index in [1.165, 1.54) is 6.07 Å². The molecule has 0 spiro atoms. The molecule has 1 saturated heterocycles. The van der Waals surface area contributed by atoms with E-state index >= 15 is 0 Å². The van der Waals surface area contributed by atoms with Gasteiger partial charge in [0.1, 0.15) is 5.82 Å².